The smallest absolute Gasteiger partial charge is 0.151 e. The van der Waals surface area contributed by atoms with Gasteiger partial charge in [-0.05, 0) is 36.6 Å². The summed E-state index contributed by atoms with van der Waals surface area (Å²) in [6.07, 6.45) is 5.26. The number of hydrogen-bond donors (Lipinski definition) is 1. The second-order valence-corrected chi connectivity index (χ2v) is 5.66. The first-order valence-corrected chi connectivity index (χ1v) is 7.10. The van der Waals surface area contributed by atoms with Gasteiger partial charge in [0.25, 0.3) is 0 Å². The summed E-state index contributed by atoms with van der Waals surface area (Å²) in [7, 11) is 0. The molecule has 1 fully saturated rings. The standard InChI is InChI=1S/C14H17Cl2NO/c15-11-5-6-14(16)10(7-11)8-13(18)9-17-12-3-1-2-4-12/h5-7,12,17H,1-4,8-9H2. The van der Waals surface area contributed by atoms with Crippen LogP contribution in [0.3, 0.4) is 0 Å². The summed E-state index contributed by atoms with van der Waals surface area (Å²) in [5.41, 5.74) is 0.808. The minimum Gasteiger partial charge on any atom is -0.307 e. The largest absolute Gasteiger partial charge is 0.307 e. The number of carbonyl (C=O) groups is 1. The summed E-state index contributed by atoms with van der Waals surface area (Å²) in [6, 6.07) is 5.74. The Morgan fingerprint density at radius 1 is 1.28 bits per heavy atom. The van der Waals surface area contributed by atoms with Gasteiger partial charge in [-0.1, -0.05) is 36.0 Å². The number of benzene rings is 1. The number of hydrogen-bond acceptors (Lipinski definition) is 2. The van der Waals surface area contributed by atoms with Crippen LogP contribution < -0.4 is 5.32 Å². The summed E-state index contributed by atoms with van der Waals surface area (Å²) in [6.45, 7) is 0.424. The monoisotopic (exact) mass is 285 g/mol. The highest BCUT2D eigenvalue weighted by Crippen LogP contribution is 2.21. The lowest BCUT2D eigenvalue weighted by Gasteiger charge is -2.11. The van der Waals surface area contributed by atoms with Gasteiger partial charge in [-0.3, -0.25) is 4.79 Å². The van der Waals surface area contributed by atoms with E-state index < -0.39 is 0 Å². The summed E-state index contributed by atoms with van der Waals surface area (Å²) in [5, 5.41) is 4.53. The van der Waals surface area contributed by atoms with Gasteiger partial charge in [0.05, 0.1) is 6.54 Å². The third kappa shape index (κ3) is 3.98. The van der Waals surface area contributed by atoms with Crippen molar-refractivity contribution in [2.75, 3.05) is 6.54 Å². The summed E-state index contributed by atoms with van der Waals surface area (Å²) < 4.78 is 0. The van der Waals surface area contributed by atoms with E-state index in [1.807, 2.05) is 0 Å². The van der Waals surface area contributed by atoms with Gasteiger partial charge < -0.3 is 5.32 Å². The zero-order valence-corrected chi connectivity index (χ0v) is 11.7. The molecule has 0 aromatic heterocycles. The van der Waals surface area contributed by atoms with E-state index >= 15 is 0 Å². The summed E-state index contributed by atoms with van der Waals surface area (Å²) in [4.78, 5) is 11.9. The van der Waals surface area contributed by atoms with Crippen LogP contribution in [0.2, 0.25) is 10.0 Å². The third-order valence-electron chi connectivity index (χ3n) is 3.34. The molecule has 2 rings (SSSR count). The van der Waals surface area contributed by atoms with E-state index in [0.29, 0.717) is 29.1 Å². The zero-order valence-electron chi connectivity index (χ0n) is 10.2. The molecule has 0 heterocycles. The van der Waals surface area contributed by atoms with Crippen molar-refractivity contribution in [3.8, 4) is 0 Å². The van der Waals surface area contributed by atoms with Crippen molar-refractivity contribution >= 4 is 29.0 Å². The topological polar surface area (TPSA) is 29.1 Å². The van der Waals surface area contributed by atoms with Crippen molar-refractivity contribution in [1.29, 1.82) is 0 Å². The average molecular weight is 286 g/mol. The molecule has 1 saturated carbocycles. The van der Waals surface area contributed by atoms with E-state index in [1.54, 1.807) is 18.2 Å². The summed E-state index contributed by atoms with van der Waals surface area (Å²) in [5.74, 6) is 0.158. The van der Waals surface area contributed by atoms with Crippen molar-refractivity contribution in [1.82, 2.24) is 5.32 Å². The van der Waals surface area contributed by atoms with Gasteiger partial charge in [0.15, 0.2) is 5.78 Å². The average Bonchev–Trinajstić information content (AvgIpc) is 2.84. The molecule has 0 saturated heterocycles. The molecule has 0 unspecified atom stereocenters. The Hall–Kier alpha value is -0.570. The molecule has 1 aromatic carbocycles. The molecule has 0 amide bonds. The normalized spacial score (nSPS) is 16.1. The first-order valence-electron chi connectivity index (χ1n) is 6.34. The van der Waals surface area contributed by atoms with E-state index in [1.165, 1.54) is 25.7 Å². The highest BCUT2D eigenvalue weighted by Gasteiger charge is 2.15. The first kappa shape index (κ1) is 13.9. The van der Waals surface area contributed by atoms with Gasteiger partial charge in [-0.25, -0.2) is 0 Å². The fourth-order valence-corrected chi connectivity index (χ4v) is 2.72. The molecule has 98 valence electrons. The number of rotatable bonds is 5. The van der Waals surface area contributed by atoms with Gasteiger partial charge in [-0.15, -0.1) is 0 Å². The second kappa shape index (κ2) is 6.55. The Balaban J connectivity index is 1.84. The maximum atomic E-state index is 11.9. The molecule has 1 aliphatic rings. The van der Waals surface area contributed by atoms with Crippen molar-refractivity contribution in [2.24, 2.45) is 0 Å². The molecule has 0 bridgehead atoms. The van der Waals surface area contributed by atoms with E-state index in [4.69, 9.17) is 23.2 Å². The van der Waals surface area contributed by atoms with Crippen LogP contribution >= 0.6 is 23.2 Å². The van der Waals surface area contributed by atoms with Gasteiger partial charge in [-0.2, -0.15) is 0 Å². The third-order valence-corrected chi connectivity index (χ3v) is 3.94. The molecule has 2 nitrogen and oxygen atoms in total. The highest BCUT2D eigenvalue weighted by atomic mass is 35.5. The van der Waals surface area contributed by atoms with Gasteiger partial charge in [0.1, 0.15) is 0 Å². The van der Waals surface area contributed by atoms with Crippen molar-refractivity contribution in [3.05, 3.63) is 33.8 Å². The lowest BCUT2D eigenvalue weighted by atomic mass is 10.1. The van der Waals surface area contributed by atoms with E-state index in [9.17, 15) is 4.79 Å². The fraction of sp³-hybridized carbons (Fsp3) is 0.500. The molecule has 0 aliphatic heterocycles. The van der Waals surface area contributed by atoms with Crippen LogP contribution in [0.15, 0.2) is 18.2 Å². The van der Waals surface area contributed by atoms with Crippen LogP contribution in [0.5, 0.6) is 0 Å². The Morgan fingerprint density at radius 3 is 2.72 bits per heavy atom. The Bertz CT molecular complexity index is 428. The minimum absolute atomic E-state index is 0.158. The highest BCUT2D eigenvalue weighted by molar-refractivity contribution is 6.33. The van der Waals surface area contributed by atoms with Gasteiger partial charge in [0, 0.05) is 22.5 Å². The zero-order chi connectivity index (χ0) is 13.0. The molecule has 0 radical (unpaired) electrons. The molecular formula is C14H17Cl2NO. The van der Waals surface area contributed by atoms with Crippen LogP contribution in [-0.2, 0) is 11.2 Å². The predicted octanol–water partition coefficient (Wildman–Crippen LogP) is 3.64. The van der Waals surface area contributed by atoms with Crippen molar-refractivity contribution in [3.63, 3.8) is 0 Å². The maximum absolute atomic E-state index is 11.9. The van der Waals surface area contributed by atoms with Crippen LogP contribution in [0, 0.1) is 0 Å². The van der Waals surface area contributed by atoms with E-state index in [-0.39, 0.29) is 5.78 Å². The van der Waals surface area contributed by atoms with Crippen LogP contribution in [0.25, 0.3) is 0 Å². The number of nitrogens with one attached hydrogen (secondary N) is 1. The molecular weight excluding hydrogens is 269 g/mol. The fourth-order valence-electron chi connectivity index (χ4n) is 2.34. The minimum atomic E-state index is 0.158. The Kier molecular flexibility index (Phi) is 5.04. The molecule has 1 aromatic rings. The molecule has 0 spiro atoms. The van der Waals surface area contributed by atoms with Crippen molar-refractivity contribution < 1.29 is 4.79 Å². The van der Waals surface area contributed by atoms with Gasteiger partial charge in [0.2, 0.25) is 0 Å². The lowest BCUT2D eigenvalue weighted by Crippen LogP contribution is -2.32. The molecule has 18 heavy (non-hydrogen) atoms. The molecule has 0 atom stereocenters. The molecule has 4 heteroatoms. The lowest BCUT2D eigenvalue weighted by molar-refractivity contribution is -0.117. The second-order valence-electron chi connectivity index (χ2n) is 4.81. The van der Waals surface area contributed by atoms with Crippen LogP contribution in [0.1, 0.15) is 31.2 Å². The predicted molar refractivity (Wildman–Crippen MR) is 75.4 cm³/mol. The number of halogens is 2. The van der Waals surface area contributed by atoms with Crippen LogP contribution in [0.4, 0.5) is 0 Å². The van der Waals surface area contributed by atoms with E-state index in [0.717, 1.165) is 5.56 Å². The van der Waals surface area contributed by atoms with Crippen LogP contribution in [-0.4, -0.2) is 18.4 Å². The number of Topliss-reactive ketones (excluding diaryl/α,β-unsaturated/α-hetero) is 1. The quantitative estimate of drug-likeness (QED) is 0.895. The van der Waals surface area contributed by atoms with E-state index in [2.05, 4.69) is 5.32 Å². The molecule has 1 aliphatic carbocycles. The SMILES string of the molecule is O=C(CNC1CCCC1)Cc1cc(Cl)ccc1Cl. The maximum Gasteiger partial charge on any atom is 0.151 e. The molecule has 1 N–H and O–H groups in total. The first-order chi connectivity index (χ1) is 8.65. The Morgan fingerprint density at radius 2 is 2.00 bits per heavy atom. The van der Waals surface area contributed by atoms with Crippen molar-refractivity contribution in [2.45, 2.75) is 38.1 Å². The Labute approximate surface area is 118 Å². The van der Waals surface area contributed by atoms with Gasteiger partial charge >= 0.3 is 0 Å². The number of carbonyl (C=O) groups excluding carboxylic acids is 1. The number of ketones is 1. The summed E-state index contributed by atoms with van der Waals surface area (Å²) >= 11 is 11.9.